The Morgan fingerprint density at radius 1 is 0.574 bits per heavy atom. The molecule has 0 radical (unpaired) electrons. The predicted molar refractivity (Wildman–Crippen MR) is 237 cm³/mol. The second kappa shape index (κ2) is 20.0. The predicted octanol–water partition coefficient (Wildman–Crippen LogP) is 9.50. The number of carboxylic acid groups (broad SMARTS) is 2. The van der Waals surface area contributed by atoms with Crippen molar-refractivity contribution in [3.63, 3.8) is 0 Å². The molecule has 0 aliphatic heterocycles. The second-order valence-corrected chi connectivity index (χ2v) is 18.3. The summed E-state index contributed by atoms with van der Waals surface area (Å²) in [5, 5.41) is 27.3. The largest absolute Gasteiger partial charge is 0.478 e. The molecule has 0 amide bonds. The highest BCUT2D eigenvalue weighted by atomic mass is 32.2. The Morgan fingerprint density at radius 3 is 1.46 bits per heavy atom. The lowest BCUT2D eigenvalue weighted by atomic mass is 9.82. The molecule has 6 aromatic rings. The maximum Gasteiger partial charge on any atom is 0.335 e. The molecule has 0 saturated heterocycles. The number of hydrogen-bond donors (Lipinski definition) is 4. The highest BCUT2D eigenvalue weighted by Gasteiger charge is 2.21. The Bertz CT molecular complexity index is 2740. The Hall–Kier alpha value is -6.75. The van der Waals surface area contributed by atoms with Crippen molar-refractivity contribution in [2.45, 2.75) is 68.1 Å². The number of sulfonamides is 2. The summed E-state index contributed by atoms with van der Waals surface area (Å²) in [4.78, 5) is 22.3. The van der Waals surface area contributed by atoms with Crippen LogP contribution < -0.4 is 9.44 Å². The van der Waals surface area contributed by atoms with E-state index in [2.05, 4.69) is 30.2 Å². The van der Waals surface area contributed by atoms with Gasteiger partial charge in [-0.3, -0.25) is 9.44 Å². The van der Waals surface area contributed by atoms with Gasteiger partial charge in [-0.05, 0) is 138 Å². The number of aryl methyl sites for hydroxylation is 4. The minimum absolute atomic E-state index is 0.000490. The van der Waals surface area contributed by atoms with Crippen LogP contribution in [0.2, 0.25) is 0 Å². The zero-order chi connectivity index (χ0) is 44.2. The fourth-order valence-corrected chi connectivity index (χ4v) is 8.56. The molecule has 4 N–H and O–H groups in total. The topological polar surface area (TPSA) is 191 Å². The lowest BCUT2D eigenvalue weighted by molar-refractivity contribution is 0.0686. The van der Waals surface area contributed by atoms with Gasteiger partial charge in [0.05, 0.1) is 21.6 Å². The standard InChI is InChI=1S/C26H29NO4S.C22H18N2O4S/c1-4-26(2,3)22-12-16-24(17-13-22)32(30,31)27-23-14-10-19(11-15-23)8-9-20-6-5-7-21(18-20)25(28)29;23-15-19-5-1-2-7-21(19)29(27,28)24-20-12-10-16(11-13-20)8-9-17-4-3-6-18(14-17)22(25)26/h5-7,10-18,27H,4,8-9H2,1-3H3,(H,28,29);1-7,10-14,24H,8-9H2,(H,25,26). The van der Waals surface area contributed by atoms with Gasteiger partial charge >= 0.3 is 11.9 Å². The molecular formula is C48H47N3O8S2. The van der Waals surface area contributed by atoms with Crippen molar-refractivity contribution < 1.29 is 36.6 Å². The first kappa shape index (κ1) is 45.3. The molecule has 0 aromatic heterocycles. The molecule has 314 valence electrons. The van der Waals surface area contributed by atoms with Crippen molar-refractivity contribution in [2.24, 2.45) is 0 Å². The molecule has 0 bridgehead atoms. The first-order valence-electron chi connectivity index (χ1n) is 19.5. The van der Waals surface area contributed by atoms with Gasteiger partial charge in [-0.1, -0.05) is 93.6 Å². The van der Waals surface area contributed by atoms with Crippen molar-refractivity contribution >= 4 is 43.4 Å². The molecule has 13 heteroatoms. The lowest BCUT2D eigenvalue weighted by Crippen LogP contribution is -2.17. The van der Waals surface area contributed by atoms with E-state index in [0.717, 1.165) is 40.7 Å². The summed E-state index contributed by atoms with van der Waals surface area (Å²) in [7, 11) is -7.53. The van der Waals surface area contributed by atoms with Gasteiger partial charge in [-0.15, -0.1) is 0 Å². The van der Waals surface area contributed by atoms with E-state index in [1.165, 1.54) is 12.1 Å². The number of hydrogen-bond acceptors (Lipinski definition) is 7. The van der Waals surface area contributed by atoms with Crippen LogP contribution in [0.25, 0.3) is 0 Å². The Balaban J connectivity index is 0.000000232. The highest BCUT2D eigenvalue weighted by Crippen LogP contribution is 2.28. The minimum Gasteiger partial charge on any atom is -0.478 e. The third kappa shape index (κ3) is 12.6. The molecule has 0 unspecified atom stereocenters. The monoisotopic (exact) mass is 857 g/mol. The molecular weight excluding hydrogens is 811 g/mol. The van der Waals surface area contributed by atoms with Gasteiger partial charge in [0.2, 0.25) is 0 Å². The Kier molecular flexibility index (Phi) is 14.9. The van der Waals surface area contributed by atoms with Crippen LogP contribution in [0, 0.1) is 11.3 Å². The van der Waals surface area contributed by atoms with Gasteiger partial charge in [0.1, 0.15) is 11.0 Å². The highest BCUT2D eigenvalue weighted by molar-refractivity contribution is 7.93. The van der Waals surface area contributed by atoms with E-state index in [1.54, 1.807) is 84.9 Å². The third-order valence-electron chi connectivity index (χ3n) is 10.3. The molecule has 0 heterocycles. The van der Waals surface area contributed by atoms with Crippen LogP contribution in [-0.4, -0.2) is 39.0 Å². The molecule has 11 nitrogen and oxygen atoms in total. The molecule has 0 aliphatic rings. The van der Waals surface area contributed by atoms with Crippen molar-refractivity contribution in [1.29, 1.82) is 5.26 Å². The first-order chi connectivity index (χ1) is 29.0. The van der Waals surface area contributed by atoms with E-state index < -0.39 is 32.0 Å². The summed E-state index contributed by atoms with van der Waals surface area (Å²) >= 11 is 0. The van der Waals surface area contributed by atoms with E-state index in [0.29, 0.717) is 30.6 Å². The average Bonchev–Trinajstić information content (AvgIpc) is 3.26. The zero-order valence-electron chi connectivity index (χ0n) is 34.0. The van der Waals surface area contributed by atoms with Crippen LogP contribution >= 0.6 is 0 Å². The van der Waals surface area contributed by atoms with Crippen LogP contribution in [0.4, 0.5) is 11.4 Å². The average molecular weight is 858 g/mol. The number of carboxylic acids is 2. The van der Waals surface area contributed by atoms with Crippen LogP contribution in [0.15, 0.2) is 155 Å². The molecule has 6 rings (SSSR count). The molecule has 0 spiro atoms. The number of rotatable bonds is 16. The summed E-state index contributed by atoms with van der Waals surface area (Å²) in [5.41, 5.74) is 6.52. The molecule has 0 fully saturated rings. The smallest absolute Gasteiger partial charge is 0.335 e. The van der Waals surface area contributed by atoms with Crippen LogP contribution in [0.3, 0.4) is 0 Å². The van der Waals surface area contributed by atoms with Gasteiger partial charge in [0.15, 0.2) is 0 Å². The number of nitriles is 1. The summed E-state index contributed by atoms with van der Waals surface area (Å²) < 4.78 is 55.7. The van der Waals surface area contributed by atoms with Crippen molar-refractivity contribution in [3.8, 4) is 6.07 Å². The maximum atomic E-state index is 12.8. The quantitative estimate of drug-likeness (QED) is 0.0734. The van der Waals surface area contributed by atoms with Crippen molar-refractivity contribution in [2.75, 3.05) is 9.44 Å². The van der Waals surface area contributed by atoms with Gasteiger partial charge in [0.25, 0.3) is 20.0 Å². The number of nitrogens with zero attached hydrogens (tertiary/aromatic N) is 1. The van der Waals surface area contributed by atoms with E-state index in [1.807, 2.05) is 54.6 Å². The fraction of sp³-hybridized carbons (Fsp3) is 0.188. The van der Waals surface area contributed by atoms with Gasteiger partial charge in [-0.2, -0.15) is 5.26 Å². The van der Waals surface area contributed by atoms with Crippen molar-refractivity contribution in [3.05, 3.63) is 190 Å². The third-order valence-corrected chi connectivity index (χ3v) is 13.1. The number of anilines is 2. The number of benzene rings is 6. The van der Waals surface area contributed by atoms with E-state index >= 15 is 0 Å². The Labute approximate surface area is 357 Å². The molecule has 0 atom stereocenters. The van der Waals surface area contributed by atoms with E-state index in [-0.39, 0.29) is 31.9 Å². The normalized spacial score (nSPS) is 11.4. The van der Waals surface area contributed by atoms with Crippen LogP contribution in [0.1, 0.15) is 81.3 Å². The number of nitrogens with one attached hydrogen (secondary N) is 2. The first-order valence-corrected chi connectivity index (χ1v) is 22.4. The maximum absolute atomic E-state index is 12.8. The van der Waals surface area contributed by atoms with E-state index in [4.69, 9.17) is 15.5 Å². The Morgan fingerprint density at radius 2 is 1.02 bits per heavy atom. The number of aromatic carboxylic acids is 2. The van der Waals surface area contributed by atoms with Gasteiger partial charge < -0.3 is 10.2 Å². The summed E-state index contributed by atoms with van der Waals surface area (Å²) in [6, 6.07) is 42.9. The lowest BCUT2D eigenvalue weighted by Gasteiger charge is -2.23. The molecule has 61 heavy (non-hydrogen) atoms. The zero-order valence-corrected chi connectivity index (χ0v) is 35.6. The van der Waals surface area contributed by atoms with Crippen LogP contribution in [-0.2, 0) is 51.1 Å². The molecule has 0 saturated carbocycles. The minimum atomic E-state index is -3.87. The van der Waals surface area contributed by atoms with Gasteiger partial charge in [-0.25, -0.2) is 26.4 Å². The van der Waals surface area contributed by atoms with Gasteiger partial charge in [0, 0.05) is 11.4 Å². The second-order valence-electron chi connectivity index (χ2n) is 15.0. The summed E-state index contributed by atoms with van der Waals surface area (Å²) in [6.45, 7) is 6.39. The fourth-order valence-electron chi connectivity index (χ4n) is 6.28. The van der Waals surface area contributed by atoms with Crippen molar-refractivity contribution in [1.82, 2.24) is 0 Å². The molecule has 6 aromatic carbocycles. The molecule has 0 aliphatic carbocycles. The van der Waals surface area contributed by atoms with E-state index in [9.17, 15) is 26.4 Å². The SMILES string of the molecule is CCC(C)(C)c1ccc(S(=O)(=O)Nc2ccc(CCc3cccc(C(=O)O)c3)cc2)cc1.N#Cc1ccccc1S(=O)(=O)Nc1ccc(CCc2cccc(C(=O)O)c2)cc1. The summed E-state index contributed by atoms with van der Waals surface area (Å²) in [6.07, 6.45) is 3.75. The van der Waals surface area contributed by atoms with Crippen LogP contribution in [0.5, 0.6) is 0 Å². The summed E-state index contributed by atoms with van der Waals surface area (Å²) in [5.74, 6) is -1.89. The number of carbonyl (C=O) groups is 2.